The summed E-state index contributed by atoms with van der Waals surface area (Å²) in [6.07, 6.45) is 5.59. The first-order chi connectivity index (χ1) is 8.77. The molecular weight excluding hydrogens is 220 g/mol. The van der Waals surface area contributed by atoms with Gasteiger partial charge in [-0.05, 0) is 50.9 Å². The van der Waals surface area contributed by atoms with E-state index in [4.69, 9.17) is 0 Å². The van der Waals surface area contributed by atoms with E-state index in [1.54, 1.807) is 0 Å². The van der Waals surface area contributed by atoms with Gasteiger partial charge in [0.15, 0.2) is 0 Å². The lowest BCUT2D eigenvalue weighted by atomic mass is 10.1. The Morgan fingerprint density at radius 1 is 1.00 bits per heavy atom. The second-order valence-corrected chi connectivity index (χ2v) is 5.45. The minimum atomic E-state index is 1.06. The van der Waals surface area contributed by atoms with Gasteiger partial charge in [0.05, 0.1) is 0 Å². The van der Waals surface area contributed by atoms with Crippen molar-refractivity contribution in [3.63, 3.8) is 0 Å². The van der Waals surface area contributed by atoms with Gasteiger partial charge in [-0.1, -0.05) is 31.0 Å². The lowest BCUT2D eigenvalue weighted by Crippen LogP contribution is -2.30. The average Bonchev–Trinajstić information content (AvgIpc) is 2.61. The van der Waals surface area contributed by atoms with Gasteiger partial charge in [-0.15, -0.1) is 0 Å². The summed E-state index contributed by atoms with van der Waals surface area (Å²) in [5, 5.41) is 3.61. The van der Waals surface area contributed by atoms with E-state index < -0.39 is 0 Å². The van der Waals surface area contributed by atoms with E-state index in [1.807, 2.05) is 0 Å². The molecule has 18 heavy (non-hydrogen) atoms. The zero-order chi connectivity index (χ0) is 12.8. The highest BCUT2D eigenvalue weighted by atomic mass is 15.1. The largest absolute Gasteiger partial charge is 0.383 e. The number of likely N-dealkylation sites (tertiary alicyclic amines) is 1. The molecule has 2 nitrogen and oxygen atoms in total. The highest BCUT2D eigenvalue weighted by molar-refractivity contribution is 5.56. The lowest BCUT2D eigenvalue weighted by molar-refractivity contribution is 0.296. The van der Waals surface area contributed by atoms with E-state index >= 15 is 0 Å². The number of rotatable bonds is 4. The summed E-state index contributed by atoms with van der Waals surface area (Å²) in [7, 11) is 0. The van der Waals surface area contributed by atoms with E-state index in [0.717, 1.165) is 6.54 Å². The minimum absolute atomic E-state index is 1.06. The Hall–Kier alpha value is -1.02. The van der Waals surface area contributed by atoms with E-state index in [9.17, 15) is 0 Å². The second-order valence-electron chi connectivity index (χ2n) is 5.45. The first kappa shape index (κ1) is 13.4. The van der Waals surface area contributed by atoms with Gasteiger partial charge in [0.1, 0.15) is 0 Å². The zero-order valence-corrected chi connectivity index (χ0v) is 11.8. The number of para-hydroxylation sites is 1. The maximum atomic E-state index is 3.61. The fourth-order valence-corrected chi connectivity index (χ4v) is 2.79. The third kappa shape index (κ3) is 3.74. The maximum absolute atomic E-state index is 3.61. The molecule has 1 aromatic carbocycles. The fourth-order valence-electron chi connectivity index (χ4n) is 2.79. The maximum Gasteiger partial charge on any atom is 0.0400 e. The summed E-state index contributed by atoms with van der Waals surface area (Å²) in [5.41, 5.74) is 4.03. The SMILES string of the molecule is Cc1cccc(C)c1NCCN1CCCCCC1. The first-order valence-electron chi connectivity index (χ1n) is 7.30. The van der Waals surface area contributed by atoms with Crippen molar-refractivity contribution in [1.82, 2.24) is 4.90 Å². The molecule has 0 unspecified atom stereocenters. The van der Waals surface area contributed by atoms with Gasteiger partial charge in [-0.3, -0.25) is 0 Å². The molecule has 0 bridgehead atoms. The Bertz CT molecular complexity index is 345. The second kappa shape index (κ2) is 6.79. The van der Waals surface area contributed by atoms with E-state index in [0.29, 0.717) is 0 Å². The van der Waals surface area contributed by atoms with Crippen molar-refractivity contribution >= 4 is 5.69 Å². The molecule has 0 spiro atoms. The predicted molar refractivity (Wildman–Crippen MR) is 79.3 cm³/mol. The fraction of sp³-hybridized carbons (Fsp3) is 0.625. The Labute approximate surface area is 111 Å². The van der Waals surface area contributed by atoms with Crippen LogP contribution in [0, 0.1) is 13.8 Å². The molecule has 0 atom stereocenters. The van der Waals surface area contributed by atoms with Crippen molar-refractivity contribution in [2.45, 2.75) is 39.5 Å². The highest BCUT2D eigenvalue weighted by Crippen LogP contribution is 2.19. The number of nitrogens with one attached hydrogen (secondary N) is 1. The summed E-state index contributed by atoms with van der Waals surface area (Å²) in [4.78, 5) is 2.60. The van der Waals surface area contributed by atoms with Crippen LogP contribution in [0.2, 0.25) is 0 Å². The molecule has 100 valence electrons. The van der Waals surface area contributed by atoms with Crippen LogP contribution in [0.3, 0.4) is 0 Å². The highest BCUT2D eigenvalue weighted by Gasteiger charge is 2.08. The zero-order valence-electron chi connectivity index (χ0n) is 11.8. The summed E-state index contributed by atoms with van der Waals surface area (Å²) < 4.78 is 0. The van der Waals surface area contributed by atoms with Gasteiger partial charge in [0, 0.05) is 18.8 Å². The standard InChI is InChI=1S/C16H26N2/c1-14-8-7-9-15(2)16(14)17-10-13-18-11-5-3-4-6-12-18/h7-9,17H,3-6,10-13H2,1-2H3. The Morgan fingerprint density at radius 2 is 1.61 bits per heavy atom. The molecule has 0 aliphatic carbocycles. The molecule has 0 saturated carbocycles. The minimum Gasteiger partial charge on any atom is -0.383 e. The van der Waals surface area contributed by atoms with Crippen LogP contribution in [-0.2, 0) is 0 Å². The first-order valence-corrected chi connectivity index (χ1v) is 7.30. The molecule has 1 aromatic rings. The van der Waals surface area contributed by atoms with E-state index in [2.05, 4.69) is 42.3 Å². The third-order valence-electron chi connectivity index (χ3n) is 3.91. The normalized spacial score (nSPS) is 17.4. The number of nitrogens with zero attached hydrogens (tertiary/aromatic N) is 1. The molecule has 0 radical (unpaired) electrons. The molecule has 1 saturated heterocycles. The Kier molecular flexibility index (Phi) is 5.06. The summed E-state index contributed by atoms with van der Waals surface area (Å²) in [6.45, 7) is 9.17. The van der Waals surface area contributed by atoms with Crippen molar-refractivity contribution in [2.75, 3.05) is 31.5 Å². The van der Waals surface area contributed by atoms with E-state index in [-0.39, 0.29) is 0 Å². The van der Waals surface area contributed by atoms with Gasteiger partial charge >= 0.3 is 0 Å². The smallest absolute Gasteiger partial charge is 0.0400 e. The quantitative estimate of drug-likeness (QED) is 0.873. The van der Waals surface area contributed by atoms with Crippen LogP contribution in [0.5, 0.6) is 0 Å². The van der Waals surface area contributed by atoms with Crippen LogP contribution in [0.4, 0.5) is 5.69 Å². The van der Waals surface area contributed by atoms with Gasteiger partial charge in [0.25, 0.3) is 0 Å². The average molecular weight is 246 g/mol. The van der Waals surface area contributed by atoms with Crippen molar-refractivity contribution in [2.24, 2.45) is 0 Å². The topological polar surface area (TPSA) is 15.3 Å². The third-order valence-corrected chi connectivity index (χ3v) is 3.91. The van der Waals surface area contributed by atoms with Crippen LogP contribution in [-0.4, -0.2) is 31.1 Å². The number of hydrogen-bond acceptors (Lipinski definition) is 2. The number of aryl methyl sites for hydroxylation is 2. The number of benzene rings is 1. The van der Waals surface area contributed by atoms with E-state index in [1.165, 1.54) is 62.1 Å². The Balaban J connectivity index is 1.80. The van der Waals surface area contributed by atoms with Gasteiger partial charge in [-0.25, -0.2) is 0 Å². The molecule has 1 heterocycles. The molecule has 0 amide bonds. The summed E-state index contributed by atoms with van der Waals surface area (Å²) in [6, 6.07) is 6.49. The molecule has 1 fully saturated rings. The lowest BCUT2D eigenvalue weighted by Gasteiger charge is -2.21. The molecule has 2 heteroatoms. The number of hydrogen-bond donors (Lipinski definition) is 1. The molecule has 1 aliphatic heterocycles. The van der Waals surface area contributed by atoms with Crippen molar-refractivity contribution in [3.8, 4) is 0 Å². The van der Waals surface area contributed by atoms with Crippen LogP contribution >= 0.6 is 0 Å². The summed E-state index contributed by atoms with van der Waals surface area (Å²) in [5.74, 6) is 0. The molecule has 0 aromatic heterocycles. The van der Waals surface area contributed by atoms with Crippen LogP contribution < -0.4 is 5.32 Å². The van der Waals surface area contributed by atoms with Crippen LogP contribution in [0.1, 0.15) is 36.8 Å². The van der Waals surface area contributed by atoms with Crippen molar-refractivity contribution < 1.29 is 0 Å². The van der Waals surface area contributed by atoms with Crippen molar-refractivity contribution in [1.29, 1.82) is 0 Å². The van der Waals surface area contributed by atoms with Crippen LogP contribution in [0.25, 0.3) is 0 Å². The van der Waals surface area contributed by atoms with Gasteiger partial charge in [-0.2, -0.15) is 0 Å². The molecule has 2 rings (SSSR count). The predicted octanol–water partition coefficient (Wildman–Crippen LogP) is 3.59. The summed E-state index contributed by atoms with van der Waals surface area (Å²) >= 11 is 0. The van der Waals surface area contributed by atoms with Gasteiger partial charge in [0.2, 0.25) is 0 Å². The van der Waals surface area contributed by atoms with Crippen molar-refractivity contribution in [3.05, 3.63) is 29.3 Å². The molecule has 1 N–H and O–H groups in total. The monoisotopic (exact) mass is 246 g/mol. The van der Waals surface area contributed by atoms with Gasteiger partial charge < -0.3 is 10.2 Å². The molecular formula is C16H26N2. The Morgan fingerprint density at radius 3 is 2.22 bits per heavy atom. The number of anilines is 1. The van der Waals surface area contributed by atoms with Crippen LogP contribution in [0.15, 0.2) is 18.2 Å². The molecule has 1 aliphatic rings.